The number of benzene rings is 7. The molecule has 8 rings (SSSR count). The summed E-state index contributed by atoms with van der Waals surface area (Å²) in [5.41, 5.74) is 5.82. The molecule has 3 amide bonds. The fraction of sp³-hybridized carbons (Fsp3) is 0.232. The number of fused-ring (bicyclic) bond motifs is 4. The van der Waals surface area contributed by atoms with E-state index >= 15 is 9.59 Å². The first kappa shape index (κ1) is 44.5. The highest BCUT2D eigenvalue weighted by Gasteiger charge is 2.43. The smallest absolute Gasteiger partial charge is 0.411 e. The van der Waals surface area contributed by atoms with Crippen LogP contribution in [-0.2, 0) is 35.9 Å². The molecule has 0 fully saturated rings. The van der Waals surface area contributed by atoms with E-state index in [2.05, 4.69) is 5.32 Å². The first-order valence-corrected chi connectivity index (χ1v) is 22.3. The second kappa shape index (κ2) is 20.2. The molecule has 1 aliphatic rings. The molecular weight excluding hydrogens is 811 g/mol. The summed E-state index contributed by atoms with van der Waals surface area (Å²) in [6, 6.07) is 57.1. The monoisotopic (exact) mass is 865 g/mol. The molecule has 9 nitrogen and oxygen atoms in total. The molecule has 0 spiro atoms. The molecule has 1 N–H and O–H groups in total. The maximum Gasteiger partial charge on any atom is 0.411 e. The van der Waals surface area contributed by atoms with Crippen molar-refractivity contribution in [3.05, 3.63) is 215 Å². The highest BCUT2D eigenvalue weighted by atomic mass is 16.7. The van der Waals surface area contributed by atoms with E-state index in [1.165, 1.54) is 11.9 Å². The third-order valence-electron chi connectivity index (χ3n) is 12.4. The molecule has 1 aliphatic carbocycles. The topological polar surface area (TPSA) is 97.4 Å². The third kappa shape index (κ3) is 9.16. The summed E-state index contributed by atoms with van der Waals surface area (Å²) in [5.74, 6) is -0.929. The lowest BCUT2D eigenvalue weighted by atomic mass is 9.77. The summed E-state index contributed by atoms with van der Waals surface area (Å²) >= 11 is 0. The maximum absolute atomic E-state index is 15.8. The van der Waals surface area contributed by atoms with E-state index in [1.807, 2.05) is 203 Å². The van der Waals surface area contributed by atoms with Gasteiger partial charge in [-0.2, -0.15) is 0 Å². The van der Waals surface area contributed by atoms with E-state index in [9.17, 15) is 4.79 Å². The van der Waals surface area contributed by atoms with Gasteiger partial charge in [0, 0.05) is 37.9 Å². The highest BCUT2D eigenvalue weighted by Crippen LogP contribution is 2.45. The van der Waals surface area contributed by atoms with Crippen molar-refractivity contribution in [2.45, 2.75) is 63.8 Å². The molecule has 0 aliphatic heterocycles. The van der Waals surface area contributed by atoms with Gasteiger partial charge < -0.3 is 24.4 Å². The number of hydrogen-bond donors (Lipinski definition) is 1. The van der Waals surface area contributed by atoms with Gasteiger partial charge in [0.2, 0.25) is 11.8 Å². The van der Waals surface area contributed by atoms with Crippen LogP contribution >= 0.6 is 0 Å². The van der Waals surface area contributed by atoms with Crippen LogP contribution in [0.4, 0.5) is 4.79 Å². The lowest BCUT2D eigenvalue weighted by Gasteiger charge is -2.40. The highest BCUT2D eigenvalue weighted by molar-refractivity contribution is 5.93. The van der Waals surface area contributed by atoms with Crippen molar-refractivity contribution in [1.82, 2.24) is 15.1 Å². The molecule has 0 radical (unpaired) electrons. The Morgan fingerprint density at radius 2 is 1.09 bits per heavy atom. The van der Waals surface area contributed by atoms with Gasteiger partial charge in [-0.25, -0.2) is 4.79 Å². The number of nitrogens with zero attached hydrogens (tertiary/aromatic N) is 2. The van der Waals surface area contributed by atoms with Crippen LogP contribution < -0.4 is 5.32 Å². The lowest BCUT2D eigenvalue weighted by molar-refractivity contribution is -0.180. The minimum atomic E-state index is -1.34. The van der Waals surface area contributed by atoms with Crippen LogP contribution in [0.3, 0.4) is 0 Å². The first-order chi connectivity index (χ1) is 31.7. The van der Waals surface area contributed by atoms with E-state index in [-0.39, 0.29) is 6.54 Å². The Morgan fingerprint density at radius 3 is 1.63 bits per heavy atom. The van der Waals surface area contributed by atoms with Gasteiger partial charge in [0.05, 0.1) is 12.5 Å². The summed E-state index contributed by atoms with van der Waals surface area (Å²) in [4.78, 5) is 48.8. The Balaban J connectivity index is 1.22. The van der Waals surface area contributed by atoms with Crippen molar-refractivity contribution in [1.29, 1.82) is 0 Å². The molecule has 2 atom stereocenters. The Hall–Kier alpha value is -7.07. The fourth-order valence-electron chi connectivity index (χ4n) is 9.18. The van der Waals surface area contributed by atoms with Crippen molar-refractivity contribution in [2.24, 2.45) is 0 Å². The SMILES string of the molecule is CCOC(OCC)[C@H](C)N(Cc1cccc2ccccc12)C(=O)[C@H](CC(=O)NC(c1ccccc1)(c1ccccc1)c1ccccc1)N(C)C(=O)OC1c2ccccc2-c2ccccc21. The number of ether oxygens (including phenoxy) is 3. The number of rotatable bonds is 17. The van der Waals surface area contributed by atoms with Crippen molar-refractivity contribution in [2.75, 3.05) is 20.3 Å². The van der Waals surface area contributed by atoms with Gasteiger partial charge in [-0.3, -0.25) is 14.5 Å². The summed E-state index contributed by atoms with van der Waals surface area (Å²) in [6.45, 7) is 6.47. The van der Waals surface area contributed by atoms with Crippen LogP contribution in [0.25, 0.3) is 21.9 Å². The summed E-state index contributed by atoms with van der Waals surface area (Å²) in [7, 11) is 1.53. The van der Waals surface area contributed by atoms with E-state index < -0.39 is 54.3 Å². The summed E-state index contributed by atoms with van der Waals surface area (Å²) in [5, 5.41) is 5.42. The average molecular weight is 866 g/mol. The van der Waals surface area contributed by atoms with Gasteiger partial charge in [-0.1, -0.05) is 182 Å². The van der Waals surface area contributed by atoms with E-state index in [4.69, 9.17) is 14.2 Å². The first-order valence-electron chi connectivity index (χ1n) is 22.3. The second-order valence-corrected chi connectivity index (χ2v) is 16.3. The molecule has 0 saturated heterocycles. The number of amides is 3. The number of nitrogens with one attached hydrogen (secondary N) is 1. The molecule has 9 heteroatoms. The van der Waals surface area contributed by atoms with Crippen molar-refractivity contribution < 1.29 is 28.6 Å². The fourth-order valence-corrected chi connectivity index (χ4v) is 9.18. The van der Waals surface area contributed by atoms with Gasteiger partial charge in [-0.05, 0) is 64.9 Å². The molecule has 0 aromatic heterocycles. The molecule has 7 aromatic rings. The Labute approximate surface area is 381 Å². The number of likely N-dealkylation sites (N-methyl/N-ethyl adjacent to an activating group) is 1. The van der Waals surface area contributed by atoms with Crippen molar-refractivity contribution in [3.8, 4) is 11.1 Å². The third-order valence-corrected chi connectivity index (χ3v) is 12.4. The van der Waals surface area contributed by atoms with Gasteiger partial charge in [0.15, 0.2) is 12.4 Å². The molecule has 65 heavy (non-hydrogen) atoms. The summed E-state index contributed by atoms with van der Waals surface area (Å²) in [6.07, 6.45) is -2.68. The minimum absolute atomic E-state index is 0.143. The zero-order valence-electron chi connectivity index (χ0n) is 37.3. The standard InChI is InChI=1S/C56H55N3O6/c1-5-63-54(64-6-2)39(3)59(38-41-25-22-24-40-23-16-17-32-45(40)41)53(61)50(58(4)55(62)65-52-48-35-20-18-33-46(48)47-34-19-21-36-49(47)52)37-51(60)57-56(42-26-10-7-11-27-42,43-28-12-8-13-29-43)44-30-14-9-15-31-44/h7-36,39,50,52,54H,5-6,37-38H2,1-4H3,(H,57,60)/t39-,50-/m0/s1. The van der Waals surface area contributed by atoms with E-state index in [1.54, 1.807) is 4.90 Å². The van der Waals surface area contributed by atoms with Crippen LogP contribution in [-0.4, -0.2) is 66.3 Å². The quantitative estimate of drug-likeness (QED) is 0.0723. The van der Waals surface area contributed by atoms with Crippen LogP contribution in [0.1, 0.15) is 66.7 Å². The van der Waals surface area contributed by atoms with Crippen molar-refractivity contribution in [3.63, 3.8) is 0 Å². The van der Waals surface area contributed by atoms with Crippen molar-refractivity contribution >= 4 is 28.7 Å². The molecule has 0 heterocycles. The number of carbonyl (C=O) groups excluding carboxylic acids is 3. The second-order valence-electron chi connectivity index (χ2n) is 16.3. The number of hydrogen-bond acceptors (Lipinski definition) is 6. The molecule has 0 unspecified atom stereocenters. The predicted octanol–water partition coefficient (Wildman–Crippen LogP) is 10.7. The lowest BCUT2D eigenvalue weighted by Crippen LogP contribution is -2.57. The normalized spacial score (nSPS) is 13.1. The van der Waals surface area contributed by atoms with Crippen LogP contribution in [0.2, 0.25) is 0 Å². The molecule has 330 valence electrons. The maximum atomic E-state index is 15.8. The average Bonchev–Trinajstić information content (AvgIpc) is 3.67. The van der Waals surface area contributed by atoms with Crippen LogP contribution in [0, 0.1) is 0 Å². The zero-order chi connectivity index (χ0) is 45.3. The Morgan fingerprint density at radius 1 is 0.615 bits per heavy atom. The van der Waals surface area contributed by atoms with Gasteiger partial charge in [-0.15, -0.1) is 0 Å². The van der Waals surface area contributed by atoms with Crippen LogP contribution in [0.15, 0.2) is 182 Å². The van der Waals surface area contributed by atoms with E-state index in [0.29, 0.717) is 13.2 Å². The van der Waals surface area contributed by atoms with E-state index in [0.717, 1.165) is 55.3 Å². The van der Waals surface area contributed by atoms with Gasteiger partial charge >= 0.3 is 6.09 Å². The molecule has 0 bridgehead atoms. The predicted molar refractivity (Wildman–Crippen MR) is 255 cm³/mol. The summed E-state index contributed by atoms with van der Waals surface area (Å²) < 4.78 is 18.7. The minimum Gasteiger partial charge on any atom is -0.436 e. The van der Waals surface area contributed by atoms with Gasteiger partial charge in [0.25, 0.3) is 0 Å². The zero-order valence-corrected chi connectivity index (χ0v) is 37.3. The Bertz CT molecular complexity index is 2570. The number of carbonyl (C=O) groups is 3. The Kier molecular flexibility index (Phi) is 13.8. The molecule has 7 aromatic carbocycles. The largest absolute Gasteiger partial charge is 0.436 e. The van der Waals surface area contributed by atoms with Gasteiger partial charge in [0.1, 0.15) is 11.6 Å². The molecule has 0 saturated carbocycles. The molecular formula is C56H55N3O6. The van der Waals surface area contributed by atoms with Crippen LogP contribution in [0.5, 0.6) is 0 Å².